The zero-order chi connectivity index (χ0) is 28.2. The number of ether oxygens (including phenoxy) is 1. The number of carbonyl (C=O) groups is 1. The van der Waals surface area contributed by atoms with E-state index in [1.54, 1.807) is 6.20 Å². The number of pyridine rings is 2. The fourth-order valence-electron chi connectivity index (χ4n) is 5.35. The number of anilines is 1. The summed E-state index contributed by atoms with van der Waals surface area (Å²) in [6, 6.07) is 13.6. The van der Waals surface area contributed by atoms with Crippen LogP contribution in [0.25, 0.3) is 5.57 Å². The molecule has 1 atom stereocenters. The molecular weight excluding hydrogens is 517 g/mol. The molecule has 0 spiro atoms. The fraction of sp³-hybridized carbons (Fsp3) is 0.323. The van der Waals surface area contributed by atoms with E-state index in [1.165, 1.54) is 29.8 Å². The number of nitrogens with zero attached hydrogens (tertiary/aromatic N) is 3. The van der Waals surface area contributed by atoms with Gasteiger partial charge in [-0.1, -0.05) is 30.4 Å². The van der Waals surface area contributed by atoms with E-state index in [0.29, 0.717) is 29.2 Å². The Kier molecular flexibility index (Phi) is 8.02. The average molecular weight is 549 g/mol. The van der Waals surface area contributed by atoms with E-state index < -0.39 is 11.8 Å². The predicted molar refractivity (Wildman–Crippen MR) is 147 cm³/mol. The van der Waals surface area contributed by atoms with Crippen LogP contribution in [0.3, 0.4) is 0 Å². The van der Waals surface area contributed by atoms with E-state index in [4.69, 9.17) is 0 Å². The van der Waals surface area contributed by atoms with Crippen LogP contribution in [0.4, 0.5) is 18.9 Å². The molecule has 9 heteroatoms. The van der Waals surface area contributed by atoms with Crippen LogP contribution >= 0.6 is 0 Å². The number of piperidine rings is 1. The van der Waals surface area contributed by atoms with Gasteiger partial charge in [0.05, 0.1) is 17.3 Å². The highest BCUT2D eigenvalue weighted by Gasteiger charge is 2.38. The van der Waals surface area contributed by atoms with Crippen molar-refractivity contribution in [3.63, 3.8) is 0 Å². The van der Waals surface area contributed by atoms with Crippen molar-refractivity contribution in [1.82, 2.24) is 14.9 Å². The Labute approximate surface area is 231 Å². The lowest BCUT2D eigenvalue weighted by atomic mass is 9.73. The third-order valence-corrected chi connectivity index (χ3v) is 7.63. The highest BCUT2D eigenvalue weighted by molar-refractivity contribution is 6.04. The first-order valence-electron chi connectivity index (χ1n) is 13.3. The molecule has 208 valence electrons. The topological polar surface area (TPSA) is 67.4 Å². The summed E-state index contributed by atoms with van der Waals surface area (Å²) in [5.74, 6) is -0.143. The molecule has 5 rings (SSSR count). The minimum atomic E-state index is -4.76. The molecule has 3 heterocycles. The van der Waals surface area contributed by atoms with Gasteiger partial charge in [0.2, 0.25) is 5.91 Å². The lowest BCUT2D eigenvalue weighted by Crippen LogP contribution is -2.35. The number of allylic oxidation sites excluding steroid dienone is 3. The molecule has 1 aliphatic carbocycles. The number of amides is 1. The van der Waals surface area contributed by atoms with Gasteiger partial charge >= 0.3 is 6.36 Å². The second-order valence-corrected chi connectivity index (χ2v) is 10.4. The summed E-state index contributed by atoms with van der Waals surface area (Å²) in [4.78, 5) is 24.7. The maximum absolute atomic E-state index is 13.5. The number of hydrogen-bond donors (Lipinski definition) is 1. The minimum absolute atomic E-state index is 0.210. The summed E-state index contributed by atoms with van der Waals surface area (Å²) in [5.41, 5.74) is 3.35. The molecule has 2 aliphatic rings. The summed E-state index contributed by atoms with van der Waals surface area (Å²) in [5, 5.41) is 3.00. The second kappa shape index (κ2) is 11.6. The molecule has 1 amide bonds. The van der Waals surface area contributed by atoms with Crippen molar-refractivity contribution < 1.29 is 22.7 Å². The van der Waals surface area contributed by atoms with Gasteiger partial charge in [-0.15, -0.1) is 13.2 Å². The molecule has 0 radical (unpaired) electrons. The molecular formula is C31H31F3N4O2. The molecule has 40 heavy (non-hydrogen) atoms. The monoisotopic (exact) mass is 548 g/mol. The van der Waals surface area contributed by atoms with Crippen molar-refractivity contribution in [1.29, 1.82) is 0 Å². The Balaban J connectivity index is 1.20. The number of benzene rings is 1. The number of nitrogens with one attached hydrogen (secondary N) is 1. The van der Waals surface area contributed by atoms with Crippen LogP contribution in [0.15, 0.2) is 85.3 Å². The molecule has 1 unspecified atom stereocenters. The van der Waals surface area contributed by atoms with E-state index in [-0.39, 0.29) is 11.7 Å². The average Bonchev–Trinajstić information content (AvgIpc) is 2.94. The number of alkyl halides is 3. The SMILES string of the molecule is CC1(C(=O)Nc2ccc(C3CCN(Cc4ccncc4)CC3)nc2)CC=CC=C1c1ccc(OC(F)(F)F)cc1. The molecule has 0 bridgehead atoms. The van der Waals surface area contributed by atoms with Gasteiger partial charge in [-0.2, -0.15) is 0 Å². The Morgan fingerprint density at radius 3 is 2.45 bits per heavy atom. The first-order chi connectivity index (χ1) is 19.2. The van der Waals surface area contributed by atoms with Crippen molar-refractivity contribution in [2.24, 2.45) is 5.41 Å². The number of likely N-dealkylation sites (tertiary alicyclic amines) is 1. The molecule has 1 aromatic carbocycles. The van der Waals surface area contributed by atoms with Gasteiger partial charge in [0, 0.05) is 30.6 Å². The molecule has 6 nitrogen and oxygen atoms in total. The summed E-state index contributed by atoms with van der Waals surface area (Å²) in [6.07, 6.45) is 8.67. The maximum atomic E-state index is 13.5. The standard InChI is InChI=1S/C31H31F3N4O2/c1-30(15-3-2-4-27(30)23-5-8-26(9-6-23)40-31(32,33)34)29(39)37-25-7-10-28(36-20-25)24-13-18-38(19-14-24)21-22-11-16-35-17-12-22/h2-12,16-17,20,24H,13-15,18-19,21H2,1H3,(H,37,39). The third kappa shape index (κ3) is 6.59. The van der Waals surface area contributed by atoms with E-state index in [9.17, 15) is 18.0 Å². The van der Waals surface area contributed by atoms with E-state index >= 15 is 0 Å². The van der Waals surface area contributed by atoms with Crippen LogP contribution < -0.4 is 10.1 Å². The Bertz CT molecular complexity index is 1360. The van der Waals surface area contributed by atoms with Crippen LogP contribution in [0.2, 0.25) is 0 Å². The van der Waals surface area contributed by atoms with Crippen LogP contribution in [0.1, 0.15) is 48.9 Å². The van der Waals surface area contributed by atoms with E-state index in [2.05, 4.69) is 24.9 Å². The number of aromatic nitrogens is 2. The first kappa shape index (κ1) is 27.6. The number of rotatable bonds is 7. The van der Waals surface area contributed by atoms with Gasteiger partial charge in [0.1, 0.15) is 5.75 Å². The van der Waals surface area contributed by atoms with Gasteiger partial charge in [-0.3, -0.25) is 19.7 Å². The van der Waals surface area contributed by atoms with E-state index in [1.807, 2.05) is 61.8 Å². The highest BCUT2D eigenvalue weighted by atomic mass is 19.4. The van der Waals surface area contributed by atoms with Crippen molar-refractivity contribution in [2.75, 3.05) is 18.4 Å². The van der Waals surface area contributed by atoms with Gasteiger partial charge < -0.3 is 10.1 Å². The molecule has 2 aromatic heterocycles. The van der Waals surface area contributed by atoms with Crippen molar-refractivity contribution in [2.45, 2.75) is 45.0 Å². The molecule has 1 aliphatic heterocycles. The van der Waals surface area contributed by atoms with Crippen LogP contribution in [-0.4, -0.2) is 40.2 Å². The Morgan fingerprint density at radius 2 is 1.80 bits per heavy atom. The molecule has 0 saturated carbocycles. The largest absolute Gasteiger partial charge is 0.573 e. The molecule has 3 aromatic rings. The summed E-state index contributed by atoms with van der Waals surface area (Å²) < 4.78 is 41.6. The summed E-state index contributed by atoms with van der Waals surface area (Å²) >= 11 is 0. The smallest absolute Gasteiger partial charge is 0.406 e. The van der Waals surface area contributed by atoms with Crippen LogP contribution in [0.5, 0.6) is 5.75 Å². The third-order valence-electron chi connectivity index (χ3n) is 7.63. The predicted octanol–water partition coefficient (Wildman–Crippen LogP) is 6.74. The highest BCUT2D eigenvalue weighted by Crippen LogP contribution is 2.42. The van der Waals surface area contributed by atoms with Gasteiger partial charge in [0.15, 0.2) is 0 Å². The maximum Gasteiger partial charge on any atom is 0.573 e. The Morgan fingerprint density at radius 1 is 1.07 bits per heavy atom. The van der Waals surface area contributed by atoms with Crippen molar-refractivity contribution in [3.05, 3.63) is 102 Å². The lowest BCUT2D eigenvalue weighted by molar-refractivity contribution is -0.274. The molecule has 1 fully saturated rings. The number of hydrogen-bond acceptors (Lipinski definition) is 5. The van der Waals surface area contributed by atoms with Gasteiger partial charge in [-0.25, -0.2) is 0 Å². The van der Waals surface area contributed by atoms with Crippen LogP contribution in [0, 0.1) is 5.41 Å². The van der Waals surface area contributed by atoms with Gasteiger partial charge in [-0.05, 0) is 92.4 Å². The fourth-order valence-corrected chi connectivity index (χ4v) is 5.35. The minimum Gasteiger partial charge on any atom is -0.406 e. The van der Waals surface area contributed by atoms with Crippen LogP contribution in [-0.2, 0) is 11.3 Å². The second-order valence-electron chi connectivity index (χ2n) is 10.4. The first-order valence-corrected chi connectivity index (χ1v) is 13.3. The Hall–Kier alpha value is -3.98. The summed E-state index contributed by atoms with van der Waals surface area (Å²) in [6.45, 7) is 4.75. The zero-order valence-corrected chi connectivity index (χ0v) is 22.2. The quantitative estimate of drug-likeness (QED) is 0.354. The summed E-state index contributed by atoms with van der Waals surface area (Å²) in [7, 11) is 0. The number of carbonyl (C=O) groups excluding carboxylic acids is 1. The lowest BCUT2D eigenvalue weighted by Gasteiger charge is -2.33. The zero-order valence-electron chi connectivity index (χ0n) is 22.2. The molecule has 1 N–H and O–H groups in total. The van der Waals surface area contributed by atoms with Crippen molar-refractivity contribution in [3.8, 4) is 5.75 Å². The number of halogens is 3. The molecule has 1 saturated heterocycles. The van der Waals surface area contributed by atoms with E-state index in [0.717, 1.165) is 38.2 Å². The van der Waals surface area contributed by atoms with Crippen molar-refractivity contribution >= 4 is 17.2 Å². The van der Waals surface area contributed by atoms with Gasteiger partial charge in [0.25, 0.3) is 0 Å². The normalized spacial score (nSPS) is 20.1.